The lowest BCUT2D eigenvalue weighted by molar-refractivity contribution is -0.148. The first-order chi connectivity index (χ1) is 14.8. The summed E-state index contributed by atoms with van der Waals surface area (Å²) in [6.07, 6.45) is 1.08. The van der Waals surface area contributed by atoms with Gasteiger partial charge in [0.25, 0.3) is 0 Å². The Labute approximate surface area is 198 Å². The lowest BCUT2D eigenvalue weighted by Crippen LogP contribution is -2.59. The normalized spacial score (nSPS) is 13.6. The first kappa shape index (κ1) is 27.8. The topological polar surface area (TPSA) is 87.7 Å². The molecule has 0 saturated heterocycles. The fourth-order valence-corrected chi connectivity index (χ4v) is 3.43. The largest absolute Gasteiger partial charge is 0.444 e. The molecule has 0 aliphatic carbocycles. The van der Waals surface area contributed by atoms with E-state index in [1.165, 1.54) is 4.90 Å². The van der Waals surface area contributed by atoms with Crippen molar-refractivity contribution in [2.45, 2.75) is 84.5 Å². The van der Waals surface area contributed by atoms with E-state index in [9.17, 15) is 14.4 Å². The smallest absolute Gasteiger partial charge is 0.408 e. The molecule has 2 unspecified atom stereocenters. The third kappa shape index (κ3) is 8.73. The van der Waals surface area contributed by atoms with E-state index in [0.717, 1.165) is 12.8 Å². The molecule has 180 valence electrons. The third-order valence-corrected chi connectivity index (χ3v) is 4.95. The van der Waals surface area contributed by atoms with Crippen LogP contribution in [0.25, 0.3) is 0 Å². The molecular weight excluding hydrogens is 426 g/mol. The van der Waals surface area contributed by atoms with Crippen LogP contribution in [0.4, 0.5) is 4.79 Å². The highest BCUT2D eigenvalue weighted by molar-refractivity contribution is 7.80. The van der Waals surface area contributed by atoms with E-state index in [4.69, 9.17) is 4.74 Å². The molecule has 0 fully saturated rings. The lowest BCUT2D eigenvalue weighted by atomic mass is 9.95. The minimum atomic E-state index is -0.956. The highest BCUT2D eigenvalue weighted by Gasteiger charge is 2.41. The zero-order valence-corrected chi connectivity index (χ0v) is 21.3. The minimum absolute atomic E-state index is 0.0591. The number of amides is 3. The van der Waals surface area contributed by atoms with Gasteiger partial charge in [-0.3, -0.25) is 9.59 Å². The fourth-order valence-electron chi connectivity index (χ4n) is 3.19. The molecule has 0 aromatic heterocycles. The Morgan fingerprint density at radius 3 is 2.12 bits per heavy atom. The van der Waals surface area contributed by atoms with E-state index in [2.05, 4.69) is 23.3 Å². The number of nitrogens with one attached hydrogen (secondary N) is 2. The lowest BCUT2D eigenvalue weighted by Gasteiger charge is -2.43. The van der Waals surface area contributed by atoms with Gasteiger partial charge in [0.1, 0.15) is 17.7 Å². The summed E-state index contributed by atoms with van der Waals surface area (Å²) in [6.45, 7) is 13.4. The van der Waals surface area contributed by atoms with Crippen LogP contribution in [0.1, 0.15) is 72.9 Å². The molecule has 1 aromatic carbocycles. The summed E-state index contributed by atoms with van der Waals surface area (Å²) >= 11 is 4.29. The van der Waals surface area contributed by atoms with Gasteiger partial charge in [-0.05, 0) is 53.5 Å². The van der Waals surface area contributed by atoms with Crippen molar-refractivity contribution in [2.75, 3.05) is 12.3 Å². The number of unbranched alkanes of at least 4 members (excludes halogenated alkanes) is 1. The molecule has 0 aliphatic heterocycles. The number of carbonyl (C=O) groups is 3. The zero-order valence-electron chi connectivity index (χ0n) is 20.4. The van der Waals surface area contributed by atoms with E-state index in [-0.39, 0.29) is 11.7 Å². The second-order valence-electron chi connectivity index (χ2n) is 9.72. The Hall–Kier alpha value is -2.22. The number of nitrogens with zero attached hydrogens (tertiary/aromatic N) is 1. The zero-order chi connectivity index (χ0) is 24.5. The minimum Gasteiger partial charge on any atom is -0.444 e. The van der Waals surface area contributed by atoms with Crippen LogP contribution in [0.2, 0.25) is 0 Å². The molecule has 3 amide bonds. The summed E-state index contributed by atoms with van der Waals surface area (Å²) in [7, 11) is 0. The number of hydrogen-bond donors (Lipinski definition) is 3. The number of thiol groups is 1. The predicted molar refractivity (Wildman–Crippen MR) is 131 cm³/mol. The quantitative estimate of drug-likeness (QED) is 0.379. The summed E-state index contributed by atoms with van der Waals surface area (Å²) in [6, 6.07) is 7.37. The molecule has 7 nitrogen and oxygen atoms in total. The van der Waals surface area contributed by atoms with Gasteiger partial charge in [-0.1, -0.05) is 43.7 Å². The summed E-state index contributed by atoms with van der Waals surface area (Å²) in [4.78, 5) is 40.9. The number of rotatable bonds is 9. The number of benzene rings is 1. The third-order valence-electron chi connectivity index (χ3n) is 4.58. The fraction of sp³-hybridized carbons (Fsp3) is 0.625. The average molecular weight is 466 g/mol. The molecule has 32 heavy (non-hydrogen) atoms. The van der Waals surface area contributed by atoms with Gasteiger partial charge in [0.15, 0.2) is 0 Å². The first-order valence-electron chi connectivity index (χ1n) is 11.1. The maximum atomic E-state index is 13.7. The van der Waals surface area contributed by atoms with E-state index in [1.807, 2.05) is 58.0 Å². The summed E-state index contributed by atoms with van der Waals surface area (Å²) in [5.41, 5.74) is -0.722. The number of hydrogen-bond acceptors (Lipinski definition) is 5. The van der Waals surface area contributed by atoms with Crippen molar-refractivity contribution in [2.24, 2.45) is 0 Å². The van der Waals surface area contributed by atoms with Crippen LogP contribution >= 0.6 is 12.6 Å². The van der Waals surface area contributed by atoms with Gasteiger partial charge in [0, 0.05) is 17.8 Å². The van der Waals surface area contributed by atoms with E-state index in [0.29, 0.717) is 12.1 Å². The SMILES string of the molecule is CCCCNC(=O)C(c1ccccc1)N(C(=O)C(CS)NC(=O)OC(C)(C)C)C(C)(C)C. The number of alkyl carbamates (subject to hydrolysis) is 1. The number of ether oxygens (including phenoxy) is 1. The van der Waals surface area contributed by atoms with Gasteiger partial charge in [0.05, 0.1) is 0 Å². The molecule has 1 rings (SSSR count). The molecular formula is C24H39N3O4S. The van der Waals surface area contributed by atoms with Crippen LogP contribution in [0.15, 0.2) is 30.3 Å². The molecule has 0 saturated carbocycles. The Bertz CT molecular complexity index is 757. The van der Waals surface area contributed by atoms with Crippen LogP contribution < -0.4 is 10.6 Å². The molecule has 8 heteroatoms. The second kappa shape index (κ2) is 12.1. The van der Waals surface area contributed by atoms with Gasteiger partial charge in [-0.2, -0.15) is 12.6 Å². The maximum Gasteiger partial charge on any atom is 0.408 e. The van der Waals surface area contributed by atoms with Crippen molar-refractivity contribution in [3.05, 3.63) is 35.9 Å². The van der Waals surface area contributed by atoms with Crippen LogP contribution in [0.5, 0.6) is 0 Å². The molecule has 0 aliphatic rings. The van der Waals surface area contributed by atoms with Crippen LogP contribution in [0.3, 0.4) is 0 Å². The number of carbonyl (C=O) groups excluding carboxylic acids is 3. The van der Waals surface area contributed by atoms with Crippen molar-refractivity contribution >= 4 is 30.5 Å². The van der Waals surface area contributed by atoms with Crippen LogP contribution in [0, 0.1) is 0 Å². The van der Waals surface area contributed by atoms with Crippen molar-refractivity contribution in [1.29, 1.82) is 0 Å². The van der Waals surface area contributed by atoms with E-state index < -0.39 is 35.2 Å². The molecule has 0 radical (unpaired) electrons. The molecule has 0 heterocycles. The first-order valence-corrected chi connectivity index (χ1v) is 11.7. The van der Waals surface area contributed by atoms with Crippen molar-refractivity contribution < 1.29 is 19.1 Å². The maximum absolute atomic E-state index is 13.7. The molecule has 0 spiro atoms. The standard InChI is InChI=1S/C24H39N3O4S/c1-8-9-15-25-20(28)19(17-13-11-10-12-14-17)27(23(2,3)4)21(29)18(16-32)26-22(30)31-24(5,6)7/h10-14,18-19,32H,8-9,15-16H2,1-7H3,(H,25,28)(H,26,30). The highest BCUT2D eigenvalue weighted by atomic mass is 32.1. The average Bonchev–Trinajstić information content (AvgIpc) is 2.68. The Morgan fingerprint density at radius 2 is 1.66 bits per heavy atom. The Morgan fingerprint density at radius 1 is 1.06 bits per heavy atom. The van der Waals surface area contributed by atoms with Gasteiger partial charge in [-0.15, -0.1) is 0 Å². The Balaban J connectivity index is 3.33. The van der Waals surface area contributed by atoms with Crippen molar-refractivity contribution in [3.8, 4) is 0 Å². The molecule has 2 N–H and O–H groups in total. The van der Waals surface area contributed by atoms with Crippen LogP contribution in [-0.2, 0) is 14.3 Å². The van der Waals surface area contributed by atoms with Crippen molar-refractivity contribution in [3.63, 3.8) is 0 Å². The summed E-state index contributed by atoms with van der Waals surface area (Å²) in [5, 5.41) is 5.57. The van der Waals surface area contributed by atoms with Gasteiger partial charge >= 0.3 is 6.09 Å². The summed E-state index contributed by atoms with van der Waals surface area (Å²) in [5.74, 6) is -0.607. The summed E-state index contributed by atoms with van der Waals surface area (Å²) < 4.78 is 5.31. The van der Waals surface area contributed by atoms with E-state index in [1.54, 1.807) is 20.8 Å². The van der Waals surface area contributed by atoms with Crippen molar-refractivity contribution in [1.82, 2.24) is 15.5 Å². The molecule has 1 aromatic rings. The second-order valence-corrected chi connectivity index (χ2v) is 10.1. The Kier molecular flexibility index (Phi) is 10.5. The van der Waals surface area contributed by atoms with E-state index >= 15 is 0 Å². The highest BCUT2D eigenvalue weighted by Crippen LogP contribution is 2.30. The predicted octanol–water partition coefficient (Wildman–Crippen LogP) is 4.09. The van der Waals surface area contributed by atoms with Crippen LogP contribution in [-0.4, -0.2) is 52.3 Å². The molecule has 0 bridgehead atoms. The molecule has 2 atom stereocenters. The van der Waals surface area contributed by atoms with Gasteiger partial charge < -0.3 is 20.3 Å². The van der Waals surface area contributed by atoms with Gasteiger partial charge in [0.2, 0.25) is 11.8 Å². The van der Waals surface area contributed by atoms with Gasteiger partial charge in [-0.25, -0.2) is 4.79 Å². The monoisotopic (exact) mass is 465 g/mol.